The third kappa shape index (κ3) is 19.7. The Hall–Kier alpha value is -2.34. The van der Waals surface area contributed by atoms with Gasteiger partial charge in [-0.2, -0.15) is 0 Å². The summed E-state index contributed by atoms with van der Waals surface area (Å²) in [4.78, 5) is 0. The maximum absolute atomic E-state index is 3.61. The molecule has 0 radical (unpaired) electrons. The second-order valence-corrected chi connectivity index (χ2v) is 5.21. The molecule has 0 N–H and O–H groups in total. The van der Waals surface area contributed by atoms with Gasteiger partial charge in [0.05, 0.1) is 0 Å². The molecule has 128 valence electrons. The number of hydrogen-bond donors (Lipinski definition) is 0. The van der Waals surface area contributed by atoms with Crippen LogP contribution < -0.4 is 0 Å². The van der Waals surface area contributed by atoms with Crippen LogP contribution in [0.3, 0.4) is 0 Å². The lowest BCUT2D eigenvalue weighted by Gasteiger charge is -1.92. The van der Waals surface area contributed by atoms with E-state index in [9.17, 15) is 0 Å². The first-order chi connectivity index (χ1) is 11.9. The van der Waals surface area contributed by atoms with Crippen LogP contribution in [0.1, 0.15) is 39.0 Å². The van der Waals surface area contributed by atoms with Crippen molar-refractivity contribution >= 4 is 0 Å². The van der Waals surface area contributed by atoms with Crippen LogP contribution in [0.2, 0.25) is 0 Å². The van der Waals surface area contributed by atoms with Crippen LogP contribution in [-0.4, -0.2) is 0 Å². The SMILES string of the molecule is C=C/C=C/C=C/C=C/C=C/C=C/C=C/C=C/C=C/CCCCCC. The molecule has 0 heterocycles. The van der Waals surface area contributed by atoms with E-state index >= 15 is 0 Å². The van der Waals surface area contributed by atoms with Crippen LogP contribution in [0.25, 0.3) is 0 Å². The highest BCUT2D eigenvalue weighted by molar-refractivity contribution is 5.21. The van der Waals surface area contributed by atoms with Crippen molar-refractivity contribution in [1.82, 2.24) is 0 Å². The Morgan fingerprint density at radius 3 is 1.33 bits per heavy atom. The second kappa shape index (κ2) is 20.7. The Bertz CT molecular complexity index is 502. The summed E-state index contributed by atoms with van der Waals surface area (Å²) < 4.78 is 0. The fourth-order valence-electron chi connectivity index (χ4n) is 1.78. The monoisotopic (exact) mass is 320 g/mol. The smallest absolute Gasteiger partial charge is 0.0348 e. The maximum Gasteiger partial charge on any atom is -0.0348 e. The van der Waals surface area contributed by atoms with Crippen molar-refractivity contribution in [3.8, 4) is 0 Å². The van der Waals surface area contributed by atoms with Gasteiger partial charge in [0.2, 0.25) is 0 Å². The molecule has 0 saturated heterocycles. The van der Waals surface area contributed by atoms with Crippen LogP contribution in [0.4, 0.5) is 0 Å². The lowest BCUT2D eigenvalue weighted by Crippen LogP contribution is -1.72. The molecule has 0 unspecified atom stereocenters. The van der Waals surface area contributed by atoms with E-state index in [1.54, 1.807) is 6.08 Å². The third-order valence-corrected chi connectivity index (χ3v) is 3.05. The summed E-state index contributed by atoms with van der Waals surface area (Å²) in [5.41, 5.74) is 0. The molecule has 0 saturated carbocycles. The van der Waals surface area contributed by atoms with E-state index in [0.717, 1.165) is 0 Å². The van der Waals surface area contributed by atoms with Crippen molar-refractivity contribution in [2.24, 2.45) is 0 Å². The summed E-state index contributed by atoms with van der Waals surface area (Å²) in [5, 5.41) is 0. The predicted octanol–water partition coefficient (Wildman–Crippen LogP) is 7.59. The molecule has 0 rings (SSSR count). The standard InChI is InChI=1S/C24H32/c1-3-5-7-9-11-13-15-17-19-21-23-24-22-20-18-16-14-12-10-8-6-4-2/h3,5,7,9,11,13-24H,1,4,6,8,10,12H2,2H3/b7-5+,11-9+,15-13+,16-14+,19-17+,20-18+,23-21+,24-22+. The Kier molecular flexibility index (Phi) is 18.6. The summed E-state index contributed by atoms with van der Waals surface area (Å²) in [6.07, 6.45) is 40.6. The summed E-state index contributed by atoms with van der Waals surface area (Å²) >= 11 is 0. The fraction of sp³-hybridized carbons (Fsp3) is 0.250. The molecule has 24 heavy (non-hydrogen) atoms. The van der Waals surface area contributed by atoms with Gasteiger partial charge in [-0.1, -0.05) is 136 Å². The molecular weight excluding hydrogens is 288 g/mol. The molecule has 0 heteroatoms. The van der Waals surface area contributed by atoms with Gasteiger partial charge in [-0.15, -0.1) is 0 Å². The molecule has 0 fully saturated rings. The highest BCUT2D eigenvalue weighted by atomic mass is 13.9. The fourth-order valence-corrected chi connectivity index (χ4v) is 1.78. The summed E-state index contributed by atoms with van der Waals surface area (Å²) in [6, 6.07) is 0. The molecule has 0 aliphatic heterocycles. The van der Waals surface area contributed by atoms with Gasteiger partial charge in [0.25, 0.3) is 0 Å². The molecular formula is C24H32. The van der Waals surface area contributed by atoms with Crippen molar-refractivity contribution < 1.29 is 0 Å². The zero-order valence-electron chi connectivity index (χ0n) is 15.1. The molecule has 0 bridgehead atoms. The first kappa shape index (κ1) is 21.7. The van der Waals surface area contributed by atoms with Gasteiger partial charge in [-0.3, -0.25) is 0 Å². The summed E-state index contributed by atoms with van der Waals surface area (Å²) in [7, 11) is 0. The quantitative estimate of drug-likeness (QED) is 0.242. The van der Waals surface area contributed by atoms with E-state index in [1.807, 2.05) is 72.9 Å². The molecule has 0 amide bonds. The van der Waals surface area contributed by atoms with Crippen LogP contribution in [0, 0.1) is 0 Å². The number of rotatable bonds is 13. The van der Waals surface area contributed by atoms with Crippen molar-refractivity contribution in [3.05, 3.63) is 110 Å². The summed E-state index contributed by atoms with van der Waals surface area (Å²) in [6.45, 7) is 5.85. The Morgan fingerprint density at radius 2 is 0.917 bits per heavy atom. The van der Waals surface area contributed by atoms with E-state index in [1.165, 1.54) is 32.1 Å². The van der Waals surface area contributed by atoms with Crippen molar-refractivity contribution in [1.29, 1.82) is 0 Å². The van der Waals surface area contributed by atoms with Crippen LogP contribution in [-0.2, 0) is 0 Å². The van der Waals surface area contributed by atoms with E-state index in [-0.39, 0.29) is 0 Å². The third-order valence-electron chi connectivity index (χ3n) is 3.05. The minimum absolute atomic E-state index is 1.19. The minimum atomic E-state index is 1.19. The first-order valence-corrected chi connectivity index (χ1v) is 8.86. The predicted molar refractivity (Wildman–Crippen MR) is 112 cm³/mol. The van der Waals surface area contributed by atoms with Crippen molar-refractivity contribution in [2.75, 3.05) is 0 Å². The lowest BCUT2D eigenvalue weighted by atomic mass is 10.1. The highest BCUT2D eigenvalue weighted by Crippen LogP contribution is 2.02. The van der Waals surface area contributed by atoms with Gasteiger partial charge in [0.1, 0.15) is 0 Å². The summed E-state index contributed by atoms with van der Waals surface area (Å²) in [5.74, 6) is 0. The van der Waals surface area contributed by atoms with Gasteiger partial charge in [-0.05, 0) is 12.8 Å². The first-order valence-electron chi connectivity index (χ1n) is 8.86. The minimum Gasteiger partial charge on any atom is -0.0991 e. The van der Waals surface area contributed by atoms with E-state index in [2.05, 4.69) is 37.8 Å². The molecule has 0 nitrogen and oxygen atoms in total. The van der Waals surface area contributed by atoms with Gasteiger partial charge < -0.3 is 0 Å². The second-order valence-electron chi connectivity index (χ2n) is 5.21. The molecule has 0 aromatic carbocycles. The van der Waals surface area contributed by atoms with Gasteiger partial charge >= 0.3 is 0 Å². The van der Waals surface area contributed by atoms with E-state index in [4.69, 9.17) is 0 Å². The Balaban J connectivity index is 3.74. The Morgan fingerprint density at radius 1 is 0.500 bits per heavy atom. The lowest BCUT2D eigenvalue weighted by molar-refractivity contribution is 0.674. The molecule has 0 aromatic heterocycles. The molecule has 0 aliphatic carbocycles. The van der Waals surface area contributed by atoms with Crippen molar-refractivity contribution in [3.63, 3.8) is 0 Å². The zero-order chi connectivity index (χ0) is 17.6. The number of allylic oxidation sites excluding steroid dienone is 17. The average molecular weight is 321 g/mol. The van der Waals surface area contributed by atoms with Crippen LogP contribution >= 0.6 is 0 Å². The van der Waals surface area contributed by atoms with Gasteiger partial charge in [0, 0.05) is 0 Å². The van der Waals surface area contributed by atoms with Gasteiger partial charge in [0.15, 0.2) is 0 Å². The van der Waals surface area contributed by atoms with Crippen LogP contribution in [0.15, 0.2) is 110 Å². The molecule has 0 aliphatic rings. The van der Waals surface area contributed by atoms with Crippen LogP contribution in [0.5, 0.6) is 0 Å². The Labute approximate surface area is 149 Å². The maximum atomic E-state index is 3.61. The van der Waals surface area contributed by atoms with E-state index < -0.39 is 0 Å². The van der Waals surface area contributed by atoms with Gasteiger partial charge in [-0.25, -0.2) is 0 Å². The highest BCUT2D eigenvalue weighted by Gasteiger charge is 1.82. The zero-order valence-corrected chi connectivity index (χ0v) is 15.1. The molecule has 0 atom stereocenters. The van der Waals surface area contributed by atoms with E-state index in [0.29, 0.717) is 0 Å². The molecule has 0 spiro atoms. The largest absolute Gasteiger partial charge is 0.0991 e. The topological polar surface area (TPSA) is 0 Å². The normalized spacial score (nSPS) is 13.7. The number of unbranched alkanes of at least 4 members (excludes halogenated alkanes) is 4. The average Bonchev–Trinajstić information content (AvgIpc) is 2.60. The van der Waals surface area contributed by atoms with Crippen molar-refractivity contribution in [2.45, 2.75) is 39.0 Å². The number of hydrogen-bond acceptors (Lipinski definition) is 0. The molecule has 0 aromatic rings.